The van der Waals surface area contributed by atoms with Crippen LogP contribution in [0, 0.1) is 0 Å². The average Bonchev–Trinajstić information content (AvgIpc) is 3.16. The van der Waals surface area contributed by atoms with Crippen molar-refractivity contribution < 1.29 is 0 Å². The third kappa shape index (κ3) is 4.80. The van der Waals surface area contributed by atoms with E-state index < -0.39 is 0 Å². The van der Waals surface area contributed by atoms with Gasteiger partial charge in [0.25, 0.3) is 5.56 Å². The first-order valence-corrected chi connectivity index (χ1v) is 11.7. The van der Waals surface area contributed by atoms with Crippen molar-refractivity contribution in [2.75, 3.05) is 31.1 Å². The van der Waals surface area contributed by atoms with E-state index in [-0.39, 0.29) is 16.4 Å². The van der Waals surface area contributed by atoms with E-state index in [2.05, 4.69) is 62.4 Å². The topological polar surface area (TPSA) is 66.6 Å². The van der Waals surface area contributed by atoms with Gasteiger partial charge in [-0.05, 0) is 0 Å². The number of aromatic nitrogens is 4. The van der Waals surface area contributed by atoms with Crippen LogP contribution in [0.5, 0.6) is 0 Å². The van der Waals surface area contributed by atoms with Gasteiger partial charge in [-0.15, -0.1) is 11.3 Å². The van der Waals surface area contributed by atoms with E-state index >= 15 is 0 Å². The summed E-state index contributed by atoms with van der Waals surface area (Å²) in [6, 6.07) is 3.81. The number of anilines is 1. The van der Waals surface area contributed by atoms with Crippen molar-refractivity contribution in [3.63, 3.8) is 0 Å². The molecule has 0 atom stereocenters. The Morgan fingerprint density at radius 2 is 1.65 bits per heavy atom. The lowest BCUT2D eigenvalue weighted by Gasteiger charge is -2.36. The maximum Gasteiger partial charge on any atom is 0.258 e. The molecular weight excluding hydrogens is 408 g/mol. The Morgan fingerprint density at radius 3 is 2.29 bits per heavy atom. The minimum Gasteiger partial charge on any atom is -0.354 e. The average molecular weight is 441 g/mol. The lowest BCUT2D eigenvalue weighted by Crippen LogP contribution is -2.46. The number of piperazine rings is 1. The van der Waals surface area contributed by atoms with Gasteiger partial charge in [-0.3, -0.25) is 14.1 Å². The summed E-state index contributed by atoms with van der Waals surface area (Å²) in [6.45, 7) is 17.4. The summed E-state index contributed by atoms with van der Waals surface area (Å²) in [7, 11) is 0. The van der Waals surface area contributed by atoms with Crippen molar-refractivity contribution in [1.29, 1.82) is 0 Å². The molecule has 4 rings (SSSR count). The highest BCUT2D eigenvalue weighted by Crippen LogP contribution is 2.28. The molecule has 166 valence electrons. The second-order valence-electron chi connectivity index (χ2n) is 10.3. The first-order chi connectivity index (χ1) is 14.5. The van der Waals surface area contributed by atoms with Gasteiger partial charge in [-0.2, -0.15) is 0 Å². The summed E-state index contributed by atoms with van der Waals surface area (Å²) in [5, 5.41) is 1.89. The number of thiazole rings is 1. The predicted octanol–water partition coefficient (Wildman–Crippen LogP) is 3.46. The number of nitrogens with zero attached hydrogens (tertiary/aromatic N) is 6. The fraction of sp³-hybridized carbons (Fsp3) is 0.565. The van der Waals surface area contributed by atoms with Crippen molar-refractivity contribution in [1.82, 2.24) is 24.3 Å². The highest BCUT2D eigenvalue weighted by Gasteiger charge is 2.26. The predicted molar refractivity (Wildman–Crippen MR) is 126 cm³/mol. The molecule has 31 heavy (non-hydrogen) atoms. The van der Waals surface area contributed by atoms with E-state index in [1.807, 2.05) is 5.38 Å². The van der Waals surface area contributed by atoms with Crippen molar-refractivity contribution in [2.45, 2.75) is 58.9 Å². The van der Waals surface area contributed by atoms with Crippen LogP contribution in [0.3, 0.4) is 0 Å². The monoisotopic (exact) mass is 440 g/mol. The van der Waals surface area contributed by atoms with Crippen LogP contribution >= 0.6 is 11.3 Å². The Labute approximate surface area is 187 Å². The molecule has 0 saturated carbocycles. The Morgan fingerprint density at radius 1 is 0.935 bits per heavy atom. The zero-order chi connectivity index (χ0) is 22.4. The van der Waals surface area contributed by atoms with E-state index in [1.165, 1.54) is 11.3 Å². The normalized spacial score (nSPS) is 16.3. The van der Waals surface area contributed by atoms with Crippen molar-refractivity contribution in [3.05, 3.63) is 51.3 Å². The summed E-state index contributed by atoms with van der Waals surface area (Å²) < 4.78 is 1.60. The van der Waals surface area contributed by atoms with Crippen LogP contribution in [-0.2, 0) is 17.4 Å². The van der Waals surface area contributed by atoms with Crippen LogP contribution < -0.4 is 10.5 Å². The van der Waals surface area contributed by atoms with Gasteiger partial charge >= 0.3 is 0 Å². The number of fused-ring (bicyclic) bond motifs is 1. The molecule has 0 spiro atoms. The van der Waals surface area contributed by atoms with E-state index in [4.69, 9.17) is 9.97 Å². The SMILES string of the molecule is CC(C)(C)c1cc(N2CCN(Cc3cc(=O)n4ccsc4n3)CC2)nc(C(C)(C)C)n1. The zero-order valence-corrected chi connectivity index (χ0v) is 20.2. The van der Waals surface area contributed by atoms with Crippen LogP contribution in [0.4, 0.5) is 5.82 Å². The fourth-order valence-corrected chi connectivity index (χ4v) is 4.39. The molecule has 0 aliphatic carbocycles. The molecule has 3 aromatic heterocycles. The van der Waals surface area contributed by atoms with Crippen LogP contribution in [0.1, 0.15) is 58.8 Å². The van der Waals surface area contributed by atoms with Gasteiger partial charge in [0, 0.05) is 67.3 Å². The zero-order valence-electron chi connectivity index (χ0n) is 19.3. The fourth-order valence-electron chi connectivity index (χ4n) is 3.65. The molecule has 7 nitrogen and oxygen atoms in total. The molecule has 8 heteroatoms. The molecule has 1 aliphatic heterocycles. The molecule has 0 aromatic carbocycles. The molecule has 1 aliphatic rings. The Kier molecular flexibility index (Phi) is 5.64. The summed E-state index contributed by atoms with van der Waals surface area (Å²) in [5.41, 5.74) is 1.79. The standard InChI is InChI=1S/C23H32N6OS/c1-22(2,3)17-14-18(26-20(25-17)23(4,5)6)28-9-7-27(8-10-28)15-16-13-19(30)29-11-12-31-21(29)24-16/h11-14H,7-10,15H2,1-6H3. The van der Waals surface area contributed by atoms with Crippen LogP contribution in [0.25, 0.3) is 4.96 Å². The number of rotatable bonds is 3. The largest absolute Gasteiger partial charge is 0.354 e. The molecule has 1 saturated heterocycles. The lowest BCUT2D eigenvalue weighted by molar-refractivity contribution is 0.246. The van der Waals surface area contributed by atoms with Crippen LogP contribution in [-0.4, -0.2) is 50.4 Å². The second-order valence-corrected chi connectivity index (χ2v) is 11.2. The van der Waals surface area contributed by atoms with Crippen LogP contribution in [0.15, 0.2) is 28.5 Å². The van der Waals surface area contributed by atoms with Gasteiger partial charge in [0.2, 0.25) is 0 Å². The third-order valence-electron chi connectivity index (χ3n) is 5.59. The smallest absolute Gasteiger partial charge is 0.258 e. The molecule has 0 radical (unpaired) electrons. The first-order valence-electron chi connectivity index (χ1n) is 10.8. The van der Waals surface area contributed by atoms with Gasteiger partial charge in [0.15, 0.2) is 4.96 Å². The molecular formula is C23H32N6OS. The Balaban J connectivity index is 1.49. The van der Waals surface area contributed by atoms with Gasteiger partial charge in [-0.25, -0.2) is 15.0 Å². The quantitative estimate of drug-likeness (QED) is 0.621. The van der Waals surface area contributed by atoms with Crippen molar-refractivity contribution in [2.24, 2.45) is 0 Å². The molecule has 3 aromatic rings. The summed E-state index contributed by atoms with van der Waals surface area (Å²) in [6.07, 6.45) is 1.78. The first kappa shape index (κ1) is 21.9. The van der Waals surface area contributed by atoms with E-state index in [9.17, 15) is 4.79 Å². The third-order valence-corrected chi connectivity index (χ3v) is 6.35. The van der Waals surface area contributed by atoms with Gasteiger partial charge in [0.1, 0.15) is 11.6 Å². The highest BCUT2D eigenvalue weighted by atomic mass is 32.1. The summed E-state index contributed by atoms with van der Waals surface area (Å²) in [4.78, 5) is 32.2. The molecule has 0 N–H and O–H groups in total. The van der Waals surface area contributed by atoms with Crippen molar-refractivity contribution in [3.8, 4) is 0 Å². The van der Waals surface area contributed by atoms with E-state index in [1.54, 1.807) is 16.7 Å². The lowest BCUT2D eigenvalue weighted by atomic mass is 9.90. The summed E-state index contributed by atoms with van der Waals surface area (Å²) >= 11 is 1.49. The Bertz CT molecular complexity index is 1100. The van der Waals surface area contributed by atoms with Gasteiger partial charge in [0.05, 0.1) is 11.4 Å². The highest BCUT2D eigenvalue weighted by molar-refractivity contribution is 7.15. The Hall–Kier alpha value is -2.32. The maximum atomic E-state index is 12.3. The number of hydrogen-bond acceptors (Lipinski definition) is 7. The number of hydrogen-bond donors (Lipinski definition) is 0. The minimum atomic E-state index is -0.0992. The van der Waals surface area contributed by atoms with Crippen molar-refractivity contribution >= 4 is 22.1 Å². The molecule has 4 heterocycles. The molecule has 0 unspecified atom stereocenters. The molecule has 0 amide bonds. The van der Waals surface area contributed by atoms with Crippen LogP contribution in [0.2, 0.25) is 0 Å². The molecule has 0 bridgehead atoms. The van der Waals surface area contributed by atoms with E-state index in [0.717, 1.165) is 54.2 Å². The molecule has 1 fully saturated rings. The summed E-state index contributed by atoms with van der Waals surface area (Å²) in [5.74, 6) is 1.91. The van der Waals surface area contributed by atoms with E-state index in [0.29, 0.717) is 6.54 Å². The maximum absolute atomic E-state index is 12.3. The second kappa shape index (κ2) is 7.98. The minimum absolute atomic E-state index is 0.00899. The van der Waals surface area contributed by atoms with Gasteiger partial charge in [-0.1, -0.05) is 41.5 Å². The van der Waals surface area contributed by atoms with Gasteiger partial charge < -0.3 is 4.90 Å².